The minimum Gasteiger partial charge on any atom is -0.477 e. The van der Waals surface area contributed by atoms with Gasteiger partial charge < -0.3 is 10.4 Å². The number of anilines is 2. The van der Waals surface area contributed by atoms with Crippen molar-refractivity contribution in [3.63, 3.8) is 0 Å². The van der Waals surface area contributed by atoms with Crippen molar-refractivity contribution < 1.29 is 18.3 Å². The van der Waals surface area contributed by atoms with Gasteiger partial charge in [-0.1, -0.05) is 23.7 Å². The molecule has 0 unspecified atom stereocenters. The number of aromatic carboxylic acids is 1. The molecule has 0 saturated heterocycles. The first-order valence-electron chi connectivity index (χ1n) is 8.15. The molecule has 0 bridgehead atoms. The van der Waals surface area contributed by atoms with Gasteiger partial charge in [0.05, 0.1) is 16.9 Å². The van der Waals surface area contributed by atoms with E-state index in [4.69, 9.17) is 11.6 Å². The van der Waals surface area contributed by atoms with Gasteiger partial charge in [-0.3, -0.25) is 0 Å². The van der Waals surface area contributed by atoms with Gasteiger partial charge in [0, 0.05) is 11.7 Å². The van der Waals surface area contributed by atoms with Crippen LogP contribution in [0.2, 0.25) is 5.02 Å². The highest BCUT2D eigenvalue weighted by Gasteiger charge is 2.28. The van der Waals surface area contributed by atoms with Crippen molar-refractivity contribution in [3.8, 4) is 0 Å². The monoisotopic (exact) mass is 423 g/mol. The van der Waals surface area contributed by atoms with Crippen molar-refractivity contribution in [2.45, 2.75) is 31.2 Å². The van der Waals surface area contributed by atoms with Crippen molar-refractivity contribution in [3.05, 3.63) is 47.2 Å². The van der Waals surface area contributed by atoms with Crippen LogP contribution >= 0.6 is 11.6 Å². The zero-order valence-electron chi connectivity index (χ0n) is 15.3. The summed E-state index contributed by atoms with van der Waals surface area (Å²) < 4.78 is 29.1. The summed E-state index contributed by atoms with van der Waals surface area (Å²) in [5.74, 6) is -1.22. The first-order valence-corrected chi connectivity index (χ1v) is 10.0. The van der Waals surface area contributed by atoms with Crippen LogP contribution < -0.4 is 10.0 Å². The van der Waals surface area contributed by atoms with Crippen molar-refractivity contribution in [1.29, 1.82) is 0 Å². The predicted molar refractivity (Wildman–Crippen MR) is 105 cm³/mol. The number of rotatable bonds is 5. The molecule has 1 aromatic carbocycles. The summed E-state index contributed by atoms with van der Waals surface area (Å²) in [5.41, 5.74) is -0.487. The van der Waals surface area contributed by atoms with E-state index in [1.165, 1.54) is 0 Å². The fourth-order valence-corrected chi connectivity index (χ4v) is 4.19. The van der Waals surface area contributed by atoms with E-state index in [9.17, 15) is 18.3 Å². The molecule has 0 aliphatic heterocycles. The molecule has 0 spiro atoms. The van der Waals surface area contributed by atoms with E-state index in [0.717, 1.165) is 16.9 Å². The number of fused-ring (bicyclic) bond motifs is 1. The molecule has 9 nitrogen and oxygen atoms in total. The Labute approximate surface area is 166 Å². The third-order valence-electron chi connectivity index (χ3n) is 3.58. The Morgan fingerprint density at radius 1 is 1.21 bits per heavy atom. The Hall–Kier alpha value is -2.69. The van der Waals surface area contributed by atoms with Gasteiger partial charge in [0.1, 0.15) is 10.5 Å². The Morgan fingerprint density at radius 2 is 1.89 bits per heavy atom. The Morgan fingerprint density at radius 3 is 2.50 bits per heavy atom. The third-order valence-corrected chi connectivity index (χ3v) is 5.66. The Kier molecular flexibility index (Phi) is 5.04. The molecule has 0 fully saturated rings. The van der Waals surface area contributed by atoms with Crippen LogP contribution in [0.4, 0.5) is 11.5 Å². The quantitative estimate of drug-likeness (QED) is 0.575. The van der Waals surface area contributed by atoms with Crippen LogP contribution in [0.1, 0.15) is 31.1 Å². The molecular formula is C17H18ClN5O4S. The second-order valence-electron chi connectivity index (χ2n) is 7.03. The van der Waals surface area contributed by atoms with E-state index in [2.05, 4.69) is 20.1 Å². The lowest BCUT2D eigenvalue weighted by Crippen LogP contribution is -2.40. The van der Waals surface area contributed by atoms with E-state index in [1.54, 1.807) is 45.0 Å². The molecule has 0 amide bonds. The Balaban J connectivity index is 2.20. The number of halogens is 1. The van der Waals surface area contributed by atoms with Crippen molar-refractivity contribution in [2.24, 2.45) is 0 Å². The normalized spacial score (nSPS) is 12.3. The number of sulfonamides is 1. The number of carbonyl (C=O) groups is 1. The largest absolute Gasteiger partial charge is 0.477 e. The molecular weight excluding hydrogens is 406 g/mol. The molecule has 0 aliphatic rings. The van der Waals surface area contributed by atoms with Gasteiger partial charge in [0.2, 0.25) is 10.0 Å². The van der Waals surface area contributed by atoms with Gasteiger partial charge in [-0.15, -0.1) is 0 Å². The number of aromatic nitrogens is 3. The average Bonchev–Trinajstić information content (AvgIpc) is 3.00. The zero-order chi connectivity index (χ0) is 20.7. The lowest BCUT2D eigenvalue weighted by atomic mass is 10.1. The second-order valence-corrected chi connectivity index (χ2v) is 9.09. The summed E-state index contributed by atoms with van der Waals surface area (Å²) in [6.45, 7) is 5.11. The molecule has 0 aliphatic carbocycles. The average molecular weight is 424 g/mol. The fourth-order valence-electron chi connectivity index (χ4n) is 2.52. The maximum Gasteiger partial charge on any atom is 0.341 e. The summed E-state index contributed by atoms with van der Waals surface area (Å²) in [5, 5.41) is 16.8. The molecule has 2 heterocycles. The summed E-state index contributed by atoms with van der Waals surface area (Å²) in [6.07, 6.45) is 2.20. The number of benzene rings is 1. The van der Waals surface area contributed by atoms with Crippen molar-refractivity contribution in [2.75, 3.05) is 5.32 Å². The summed E-state index contributed by atoms with van der Waals surface area (Å²) in [7, 11) is -3.93. The van der Waals surface area contributed by atoms with Crippen LogP contribution in [0.5, 0.6) is 0 Å². The van der Waals surface area contributed by atoms with E-state index in [1.807, 2.05) is 0 Å². The molecule has 0 atom stereocenters. The smallest absolute Gasteiger partial charge is 0.341 e. The number of nitrogens with one attached hydrogen (secondary N) is 2. The van der Waals surface area contributed by atoms with E-state index >= 15 is 0 Å². The lowest BCUT2D eigenvalue weighted by molar-refractivity contribution is 0.0697. The number of hydrogen-bond donors (Lipinski definition) is 3. The maximum absolute atomic E-state index is 12.7. The van der Waals surface area contributed by atoms with Gasteiger partial charge in [0.15, 0.2) is 11.5 Å². The van der Waals surface area contributed by atoms with Crippen LogP contribution in [0.25, 0.3) is 5.65 Å². The third kappa shape index (κ3) is 3.93. The SMILES string of the molecule is CC(C)(C)NS(=O)(=O)c1cnn2c(Nc3ccccc3Cl)c(C(=O)O)cnc12. The fraction of sp³-hybridized carbons (Fsp3) is 0.235. The van der Waals surface area contributed by atoms with Gasteiger partial charge in [-0.2, -0.15) is 9.61 Å². The first-order chi connectivity index (χ1) is 13.0. The number of nitrogens with zero attached hydrogens (tertiary/aromatic N) is 3. The van der Waals surface area contributed by atoms with Crippen LogP contribution in [0, 0.1) is 0 Å². The van der Waals surface area contributed by atoms with Crippen LogP contribution in [-0.4, -0.2) is 39.6 Å². The molecule has 0 saturated carbocycles. The highest BCUT2D eigenvalue weighted by molar-refractivity contribution is 7.89. The van der Waals surface area contributed by atoms with Gasteiger partial charge >= 0.3 is 5.97 Å². The molecule has 148 valence electrons. The van der Waals surface area contributed by atoms with Crippen LogP contribution in [-0.2, 0) is 10.0 Å². The van der Waals surface area contributed by atoms with Crippen molar-refractivity contribution >= 4 is 44.7 Å². The molecule has 3 rings (SSSR count). The molecule has 3 aromatic rings. The highest BCUT2D eigenvalue weighted by Crippen LogP contribution is 2.28. The van der Waals surface area contributed by atoms with E-state index < -0.39 is 21.5 Å². The zero-order valence-corrected chi connectivity index (χ0v) is 16.8. The minimum absolute atomic E-state index is 0.0173. The lowest BCUT2D eigenvalue weighted by Gasteiger charge is -2.19. The van der Waals surface area contributed by atoms with Crippen molar-refractivity contribution in [1.82, 2.24) is 19.3 Å². The molecule has 28 heavy (non-hydrogen) atoms. The topological polar surface area (TPSA) is 126 Å². The maximum atomic E-state index is 12.7. The molecule has 3 N–H and O–H groups in total. The van der Waals surface area contributed by atoms with Gasteiger partial charge in [0.25, 0.3) is 0 Å². The van der Waals surface area contributed by atoms with Gasteiger partial charge in [-0.25, -0.2) is 22.9 Å². The molecule has 2 aromatic heterocycles. The summed E-state index contributed by atoms with van der Waals surface area (Å²) >= 11 is 6.15. The number of hydrogen-bond acceptors (Lipinski definition) is 6. The van der Waals surface area contributed by atoms with Crippen LogP contribution in [0.3, 0.4) is 0 Å². The Bertz CT molecular complexity index is 1170. The minimum atomic E-state index is -3.93. The first kappa shape index (κ1) is 20.1. The second kappa shape index (κ2) is 7.04. The van der Waals surface area contributed by atoms with Gasteiger partial charge in [-0.05, 0) is 32.9 Å². The number of para-hydroxylation sites is 1. The summed E-state index contributed by atoms with van der Waals surface area (Å²) in [6, 6.07) is 6.74. The molecule has 11 heteroatoms. The van der Waals surface area contributed by atoms with Crippen LogP contribution in [0.15, 0.2) is 41.6 Å². The highest BCUT2D eigenvalue weighted by atomic mass is 35.5. The molecule has 0 radical (unpaired) electrons. The predicted octanol–water partition coefficient (Wildman–Crippen LogP) is 2.90. The summed E-state index contributed by atoms with van der Waals surface area (Å²) in [4.78, 5) is 15.5. The number of carboxylic acids is 1. The van der Waals surface area contributed by atoms with E-state index in [-0.39, 0.29) is 21.9 Å². The van der Waals surface area contributed by atoms with E-state index in [0.29, 0.717) is 10.7 Å². The standard InChI is InChI=1S/C17H18ClN5O4S/c1-17(2,3)22-28(26,27)13-9-20-23-14(10(16(24)25)8-19-15(13)23)21-12-7-5-4-6-11(12)18/h4-9,21-22H,1-3H3,(H,24,25). The number of carboxylic acid groups (broad SMARTS) is 1.